The Morgan fingerprint density at radius 2 is 1.68 bits per heavy atom. The van der Waals surface area contributed by atoms with Crippen LogP contribution in [-0.4, -0.2) is 24.6 Å². The molecule has 2 aromatic carbocycles. The highest BCUT2D eigenvalue weighted by atomic mass is 16.6. The van der Waals surface area contributed by atoms with Gasteiger partial charge in [-0.25, -0.2) is 9.59 Å². The molecule has 3 aromatic rings. The number of fused-ring (bicyclic) bond motifs is 1. The highest BCUT2D eigenvalue weighted by molar-refractivity contribution is 5.96. The van der Waals surface area contributed by atoms with Crippen molar-refractivity contribution in [3.8, 4) is 5.75 Å². The van der Waals surface area contributed by atoms with Gasteiger partial charge < -0.3 is 19.2 Å². The fourth-order valence-electron chi connectivity index (χ4n) is 3.42. The molecule has 0 aliphatic heterocycles. The van der Waals surface area contributed by atoms with Crippen LogP contribution in [0.5, 0.6) is 5.75 Å². The number of rotatable bonds is 6. The zero-order valence-corrected chi connectivity index (χ0v) is 18.2. The van der Waals surface area contributed by atoms with E-state index in [1.807, 2.05) is 39.8 Å². The Kier molecular flexibility index (Phi) is 6.44. The lowest BCUT2D eigenvalue weighted by atomic mass is 10.0. The molecular formula is C24H25NO6. The molecule has 0 aliphatic rings. The van der Waals surface area contributed by atoms with E-state index in [-0.39, 0.29) is 6.61 Å². The van der Waals surface area contributed by atoms with E-state index in [0.29, 0.717) is 17.0 Å². The average Bonchev–Trinajstić information content (AvgIpc) is 2.68. The predicted molar refractivity (Wildman–Crippen MR) is 118 cm³/mol. The number of carbonyl (C=O) groups is 2. The Morgan fingerprint density at radius 3 is 2.35 bits per heavy atom. The lowest BCUT2D eigenvalue weighted by molar-refractivity contribution is -0.155. The van der Waals surface area contributed by atoms with E-state index in [9.17, 15) is 14.4 Å². The van der Waals surface area contributed by atoms with E-state index in [4.69, 9.17) is 13.9 Å². The minimum Gasteiger partial charge on any atom is -0.482 e. The molecule has 31 heavy (non-hydrogen) atoms. The standard InChI is InChI=1S/C24H25NO6/c1-13-8-15(3)23(16(4)9-13)25-24(28)17(5)30-22(27)12-29-18-6-7-19-14(2)10-21(26)31-20(19)11-18/h6-11,17H,12H2,1-5H3,(H,25,28)/t17-/m0/s1. The maximum Gasteiger partial charge on any atom is 0.344 e. The van der Waals surface area contributed by atoms with Gasteiger partial charge in [0.15, 0.2) is 12.7 Å². The summed E-state index contributed by atoms with van der Waals surface area (Å²) in [6.07, 6.45) is -0.992. The van der Waals surface area contributed by atoms with Crippen LogP contribution in [-0.2, 0) is 14.3 Å². The first kappa shape index (κ1) is 22.1. The first-order valence-corrected chi connectivity index (χ1v) is 9.89. The average molecular weight is 423 g/mol. The topological polar surface area (TPSA) is 94.8 Å². The molecule has 1 atom stereocenters. The van der Waals surface area contributed by atoms with Gasteiger partial charge in [-0.15, -0.1) is 0 Å². The number of hydrogen-bond acceptors (Lipinski definition) is 6. The molecule has 0 saturated heterocycles. The quantitative estimate of drug-likeness (QED) is 0.476. The number of nitrogens with one attached hydrogen (secondary N) is 1. The number of aryl methyl sites for hydroxylation is 4. The second kappa shape index (κ2) is 9.04. The van der Waals surface area contributed by atoms with Gasteiger partial charge in [-0.2, -0.15) is 0 Å². The van der Waals surface area contributed by atoms with Gasteiger partial charge in [0.25, 0.3) is 5.91 Å². The number of benzene rings is 2. The normalized spacial score (nSPS) is 11.8. The van der Waals surface area contributed by atoms with Gasteiger partial charge in [-0.05, 0) is 63.4 Å². The smallest absolute Gasteiger partial charge is 0.344 e. The van der Waals surface area contributed by atoms with Crippen molar-refractivity contribution in [2.24, 2.45) is 0 Å². The third-order valence-corrected chi connectivity index (χ3v) is 4.88. The summed E-state index contributed by atoms with van der Waals surface area (Å²) in [5.41, 5.74) is 4.39. The molecule has 0 spiro atoms. The van der Waals surface area contributed by atoms with Gasteiger partial charge in [0.1, 0.15) is 11.3 Å². The lowest BCUT2D eigenvalue weighted by Gasteiger charge is -2.17. The van der Waals surface area contributed by atoms with Crippen molar-refractivity contribution in [1.29, 1.82) is 0 Å². The van der Waals surface area contributed by atoms with E-state index >= 15 is 0 Å². The second-order valence-electron chi connectivity index (χ2n) is 7.59. The molecule has 0 radical (unpaired) electrons. The van der Waals surface area contributed by atoms with Crippen LogP contribution in [0.1, 0.15) is 29.2 Å². The maximum absolute atomic E-state index is 12.5. The van der Waals surface area contributed by atoms with Crippen LogP contribution in [0.25, 0.3) is 11.0 Å². The number of anilines is 1. The van der Waals surface area contributed by atoms with Gasteiger partial charge in [-0.3, -0.25) is 4.79 Å². The molecule has 7 heteroatoms. The lowest BCUT2D eigenvalue weighted by Crippen LogP contribution is -2.32. The Labute approximate surface area is 180 Å². The number of carbonyl (C=O) groups excluding carboxylic acids is 2. The van der Waals surface area contributed by atoms with Crippen LogP contribution in [0.3, 0.4) is 0 Å². The third-order valence-electron chi connectivity index (χ3n) is 4.88. The summed E-state index contributed by atoms with van der Waals surface area (Å²) in [4.78, 5) is 36.1. The van der Waals surface area contributed by atoms with Crippen LogP contribution in [0, 0.1) is 27.7 Å². The largest absolute Gasteiger partial charge is 0.482 e. The highest BCUT2D eigenvalue weighted by Gasteiger charge is 2.20. The van der Waals surface area contributed by atoms with E-state index in [1.165, 1.54) is 19.1 Å². The van der Waals surface area contributed by atoms with Crippen molar-refractivity contribution >= 4 is 28.5 Å². The number of esters is 1. The van der Waals surface area contributed by atoms with E-state index < -0.39 is 23.6 Å². The van der Waals surface area contributed by atoms with Crippen molar-refractivity contribution in [3.63, 3.8) is 0 Å². The summed E-state index contributed by atoms with van der Waals surface area (Å²) < 4.78 is 15.8. The third kappa shape index (κ3) is 5.31. The van der Waals surface area contributed by atoms with Crippen molar-refractivity contribution in [1.82, 2.24) is 0 Å². The number of hydrogen-bond donors (Lipinski definition) is 1. The molecule has 1 aromatic heterocycles. The molecule has 1 N–H and O–H groups in total. The fraction of sp³-hybridized carbons (Fsp3) is 0.292. The van der Waals surface area contributed by atoms with Crippen LogP contribution < -0.4 is 15.7 Å². The summed E-state index contributed by atoms with van der Waals surface area (Å²) in [6.45, 7) is 8.73. The Hall–Kier alpha value is -3.61. The SMILES string of the molecule is Cc1cc(C)c(NC(=O)[C@H](C)OC(=O)COc2ccc3c(C)cc(=O)oc3c2)c(C)c1. The van der Waals surface area contributed by atoms with Crippen molar-refractivity contribution in [3.05, 3.63) is 69.1 Å². The van der Waals surface area contributed by atoms with Gasteiger partial charge in [0, 0.05) is 23.2 Å². The molecular weight excluding hydrogens is 398 g/mol. The van der Waals surface area contributed by atoms with Gasteiger partial charge in [-0.1, -0.05) is 17.7 Å². The summed E-state index contributed by atoms with van der Waals surface area (Å²) in [5, 5.41) is 3.60. The van der Waals surface area contributed by atoms with Gasteiger partial charge >= 0.3 is 11.6 Å². The van der Waals surface area contributed by atoms with Crippen LogP contribution in [0.15, 0.2) is 45.6 Å². The molecule has 0 bridgehead atoms. The molecule has 1 amide bonds. The Balaban J connectivity index is 1.58. The summed E-state index contributed by atoms with van der Waals surface area (Å²) in [7, 11) is 0. The molecule has 3 rings (SSSR count). The first-order chi connectivity index (χ1) is 14.6. The van der Waals surface area contributed by atoms with Crippen molar-refractivity contribution in [2.75, 3.05) is 11.9 Å². The van der Waals surface area contributed by atoms with Crippen LogP contribution in [0.2, 0.25) is 0 Å². The number of amides is 1. The number of ether oxygens (including phenoxy) is 2. The predicted octanol–water partition coefficient (Wildman–Crippen LogP) is 3.98. The Bertz CT molecular complexity index is 1190. The van der Waals surface area contributed by atoms with E-state index in [1.54, 1.807) is 12.1 Å². The van der Waals surface area contributed by atoms with Crippen LogP contribution in [0.4, 0.5) is 5.69 Å². The minimum absolute atomic E-state index is 0.348. The summed E-state index contributed by atoms with van der Waals surface area (Å²) in [6, 6.07) is 10.3. The van der Waals surface area contributed by atoms with Gasteiger partial charge in [0.2, 0.25) is 0 Å². The van der Waals surface area contributed by atoms with Gasteiger partial charge in [0.05, 0.1) is 0 Å². The van der Waals surface area contributed by atoms with Crippen molar-refractivity contribution < 1.29 is 23.5 Å². The molecule has 0 unspecified atom stereocenters. The second-order valence-corrected chi connectivity index (χ2v) is 7.59. The molecule has 0 fully saturated rings. The fourth-order valence-corrected chi connectivity index (χ4v) is 3.42. The Morgan fingerprint density at radius 1 is 1.00 bits per heavy atom. The molecule has 162 valence electrons. The molecule has 0 aliphatic carbocycles. The van der Waals surface area contributed by atoms with E-state index in [2.05, 4.69) is 5.32 Å². The zero-order chi connectivity index (χ0) is 22.7. The maximum atomic E-state index is 12.5. The highest BCUT2D eigenvalue weighted by Crippen LogP contribution is 2.23. The first-order valence-electron chi connectivity index (χ1n) is 9.89. The minimum atomic E-state index is -0.992. The van der Waals surface area contributed by atoms with Crippen LogP contribution >= 0.6 is 0 Å². The zero-order valence-electron chi connectivity index (χ0n) is 18.2. The molecule has 1 heterocycles. The summed E-state index contributed by atoms with van der Waals surface area (Å²) in [5.74, 6) is -0.765. The van der Waals surface area contributed by atoms with Crippen molar-refractivity contribution in [2.45, 2.75) is 40.7 Å². The monoisotopic (exact) mass is 423 g/mol. The molecule has 7 nitrogen and oxygen atoms in total. The molecule has 0 saturated carbocycles. The summed E-state index contributed by atoms with van der Waals surface area (Å²) >= 11 is 0. The van der Waals surface area contributed by atoms with E-state index in [0.717, 1.165) is 27.6 Å².